The molecule has 13 heavy (non-hydrogen) atoms. The molecule has 0 amide bonds. The Morgan fingerprint density at radius 2 is 2.00 bits per heavy atom. The molecule has 1 aliphatic carbocycles. The quantitative estimate of drug-likeness (QED) is 0.366. The van der Waals surface area contributed by atoms with Gasteiger partial charge in [0.2, 0.25) is 0 Å². The third-order valence-electron chi connectivity index (χ3n) is 2.77. The van der Waals surface area contributed by atoms with Crippen molar-refractivity contribution in [3.05, 3.63) is 28.6 Å². The van der Waals surface area contributed by atoms with Crippen molar-refractivity contribution >= 4 is 6.29 Å². The summed E-state index contributed by atoms with van der Waals surface area (Å²) in [7, 11) is 0. The van der Waals surface area contributed by atoms with Crippen LogP contribution in [0.15, 0.2) is 23.4 Å². The first kappa shape index (κ1) is 8.66. The van der Waals surface area contributed by atoms with Gasteiger partial charge >= 0.3 is 0 Å². The summed E-state index contributed by atoms with van der Waals surface area (Å²) < 4.78 is -0.273. The van der Waals surface area contributed by atoms with E-state index in [9.17, 15) is 10.0 Å². The molecule has 3 nitrogen and oxygen atoms in total. The Morgan fingerprint density at radius 3 is 2.54 bits per heavy atom. The van der Waals surface area contributed by atoms with Crippen molar-refractivity contribution in [3.8, 4) is 0 Å². The van der Waals surface area contributed by atoms with Gasteiger partial charge in [-0.3, -0.25) is 4.79 Å². The zero-order valence-corrected chi connectivity index (χ0v) is 7.53. The van der Waals surface area contributed by atoms with Gasteiger partial charge in [0.05, 0.1) is 18.7 Å². The van der Waals surface area contributed by atoms with Crippen molar-refractivity contribution in [2.24, 2.45) is 0 Å². The van der Waals surface area contributed by atoms with Crippen LogP contribution in [0.3, 0.4) is 0 Å². The maximum atomic E-state index is 12.0. The second-order valence-electron chi connectivity index (χ2n) is 3.63. The fourth-order valence-electron chi connectivity index (χ4n) is 1.88. The molecular formula is C10H13NO2. The van der Waals surface area contributed by atoms with Crippen LogP contribution in [0, 0.1) is 5.21 Å². The number of carbonyl (C=O) groups is 1. The van der Waals surface area contributed by atoms with Crippen LogP contribution < -0.4 is 0 Å². The molecule has 0 N–H and O–H groups in total. The Hall–Kier alpha value is -0.930. The van der Waals surface area contributed by atoms with Crippen LogP contribution in [-0.2, 0) is 4.79 Å². The number of quaternary nitrogens is 1. The van der Waals surface area contributed by atoms with Crippen LogP contribution in [0.1, 0.15) is 19.3 Å². The van der Waals surface area contributed by atoms with Gasteiger partial charge in [-0.25, -0.2) is 0 Å². The second kappa shape index (κ2) is 3.09. The minimum absolute atomic E-state index is 0.273. The SMILES string of the molecule is O=CC1=CCCC=C1[N+]1([O-])CCC1. The summed E-state index contributed by atoms with van der Waals surface area (Å²) in [6.45, 7) is 1.27. The van der Waals surface area contributed by atoms with E-state index in [1.54, 1.807) is 0 Å². The predicted molar refractivity (Wildman–Crippen MR) is 49.4 cm³/mol. The number of hydrogen-bond donors (Lipinski definition) is 0. The highest BCUT2D eigenvalue weighted by Gasteiger charge is 2.33. The first-order valence-electron chi connectivity index (χ1n) is 4.71. The van der Waals surface area contributed by atoms with Crippen LogP contribution in [0.2, 0.25) is 0 Å². The number of carbonyl (C=O) groups excluding carboxylic acids is 1. The third-order valence-corrected chi connectivity index (χ3v) is 2.77. The molecule has 2 aliphatic rings. The summed E-state index contributed by atoms with van der Waals surface area (Å²) in [6, 6.07) is 0. The van der Waals surface area contributed by atoms with E-state index < -0.39 is 0 Å². The van der Waals surface area contributed by atoms with Crippen molar-refractivity contribution < 1.29 is 9.44 Å². The maximum Gasteiger partial charge on any atom is 0.155 e. The lowest BCUT2D eigenvalue weighted by atomic mass is 10.00. The molecule has 0 radical (unpaired) electrons. The Kier molecular flexibility index (Phi) is 2.06. The zero-order chi connectivity index (χ0) is 9.31. The molecule has 0 spiro atoms. The highest BCUT2D eigenvalue weighted by Crippen LogP contribution is 2.32. The van der Waals surface area contributed by atoms with Crippen LogP contribution in [-0.4, -0.2) is 24.0 Å². The lowest BCUT2D eigenvalue weighted by Crippen LogP contribution is -2.52. The summed E-state index contributed by atoms with van der Waals surface area (Å²) >= 11 is 0. The molecule has 2 rings (SSSR count). The molecule has 3 heteroatoms. The summed E-state index contributed by atoms with van der Waals surface area (Å²) in [5.74, 6) is 0. The van der Waals surface area contributed by atoms with Crippen molar-refractivity contribution in [1.29, 1.82) is 0 Å². The molecule has 1 heterocycles. The average molecular weight is 179 g/mol. The molecule has 0 atom stereocenters. The number of likely N-dealkylation sites (tertiary alicyclic amines) is 1. The number of allylic oxidation sites excluding steroid dienone is 3. The van der Waals surface area contributed by atoms with Gasteiger partial charge < -0.3 is 9.85 Å². The summed E-state index contributed by atoms with van der Waals surface area (Å²) in [4.78, 5) is 10.7. The summed E-state index contributed by atoms with van der Waals surface area (Å²) in [5, 5.41) is 12.0. The van der Waals surface area contributed by atoms with Crippen LogP contribution in [0.4, 0.5) is 0 Å². The summed E-state index contributed by atoms with van der Waals surface area (Å²) in [6.07, 6.45) is 7.37. The first-order chi connectivity index (χ1) is 6.26. The highest BCUT2D eigenvalue weighted by atomic mass is 16.6. The van der Waals surface area contributed by atoms with Gasteiger partial charge in [-0.15, -0.1) is 0 Å². The highest BCUT2D eigenvalue weighted by molar-refractivity contribution is 5.79. The molecule has 0 aromatic rings. The molecule has 1 fully saturated rings. The monoisotopic (exact) mass is 179 g/mol. The van der Waals surface area contributed by atoms with Gasteiger partial charge in [0, 0.05) is 6.42 Å². The van der Waals surface area contributed by atoms with Crippen molar-refractivity contribution in [3.63, 3.8) is 0 Å². The second-order valence-corrected chi connectivity index (χ2v) is 3.63. The van der Waals surface area contributed by atoms with E-state index in [0.29, 0.717) is 24.4 Å². The van der Waals surface area contributed by atoms with Crippen LogP contribution in [0.5, 0.6) is 0 Å². The Labute approximate surface area is 77.5 Å². The smallest absolute Gasteiger partial charge is 0.155 e. The molecule has 0 aromatic carbocycles. The summed E-state index contributed by atoms with van der Waals surface area (Å²) in [5.41, 5.74) is 1.31. The first-order valence-corrected chi connectivity index (χ1v) is 4.71. The number of aldehydes is 1. The van der Waals surface area contributed by atoms with Crippen LogP contribution in [0.25, 0.3) is 0 Å². The zero-order valence-electron chi connectivity index (χ0n) is 7.53. The Morgan fingerprint density at radius 1 is 1.31 bits per heavy atom. The number of hydroxylamine groups is 3. The molecule has 0 bridgehead atoms. The molecule has 0 unspecified atom stereocenters. The minimum atomic E-state index is -0.273. The normalized spacial score (nSPS) is 25.6. The van der Waals surface area contributed by atoms with Crippen molar-refractivity contribution in [2.75, 3.05) is 13.1 Å². The number of rotatable bonds is 2. The van der Waals surface area contributed by atoms with E-state index in [-0.39, 0.29) is 4.65 Å². The van der Waals surface area contributed by atoms with Gasteiger partial charge in [-0.1, -0.05) is 6.08 Å². The topological polar surface area (TPSA) is 40.1 Å². The average Bonchev–Trinajstić information content (AvgIpc) is 2.14. The molecule has 0 aromatic heterocycles. The molecule has 1 saturated heterocycles. The molecule has 0 saturated carbocycles. The molecule has 1 aliphatic heterocycles. The van der Waals surface area contributed by atoms with E-state index in [2.05, 4.69) is 0 Å². The number of nitrogens with zero attached hydrogens (tertiary/aromatic N) is 1. The molecular weight excluding hydrogens is 166 g/mol. The van der Waals surface area contributed by atoms with Crippen molar-refractivity contribution in [2.45, 2.75) is 19.3 Å². The minimum Gasteiger partial charge on any atom is -0.627 e. The number of hydrogen-bond acceptors (Lipinski definition) is 2. The standard InChI is InChI=1S/C10H13NO2/c12-8-9-4-1-2-5-10(9)11(13)6-3-7-11/h4-5,8H,1-3,6-7H2. The van der Waals surface area contributed by atoms with E-state index in [1.165, 1.54) is 0 Å². The predicted octanol–water partition coefficient (Wildman–Crippen LogP) is 1.51. The molecule has 70 valence electrons. The van der Waals surface area contributed by atoms with E-state index in [0.717, 1.165) is 25.5 Å². The van der Waals surface area contributed by atoms with E-state index in [1.807, 2.05) is 12.2 Å². The fraction of sp³-hybridized carbons (Fsp3) is 0.500. The van der Waals surface area contributed by atoms with E-state index >= 15 is 0 Å². The fourth-order valence-corrected chi connectivity index (χ4v) is 1.88. The Bertz CT molecular complexity index is 287. The van der Waals surface area contributed by atoms with Crippen molar-refractivity contribution in [1.82, 2.24) is 0 Å². The maximum absolute atomic E-state index is 12.0. The van der Waals surface area contributed by atoms with Gasteiger partial charge in [0.1, 0.15) is 5.70 Å². The van der Waals surface area contributed by atoms with Crippen LogP contribution >= 0.6 is 0 Å². The Balaban J connectivity index is 2.25. The lowest BCUT2D eigenvalue weighted by molar-refractivity contribution is -0.880. The van der Waals surface area contributed by atoms with E-state index in [4.69, 9.17) is 0 Å². The van der Waals surface area contributed by atoms with Gasteiger partial charge in [-0.2, -0.15) is 0 Å². The van der Waals surface area contributed by atoms with Gasteiger partial charge in [0.25, 0.3) is 0 Å². The third kappa shape index (κ3) is 1.34. The van der Waals surface area contributed by atoms with Gasteiger partial charge in [-0.05, 0) is 18.9 Å². The largest absolute Gasteiger partial charge is 0.627 e. The van der Waals surface area contributed by atoms with Gasteiger partial charge in [0.15, 0.2) is 6.29 Å². The lowest BCUT2D eigenvalue weighted by Gasteiger charge is -2.51.